The average molecular weight is 358 g/mol. The largest absolute Gasteiger partial charge is 0.325 e. The van der Waals surface area contributed by atoms with Crippen LogP contribution < -0.4 is 10.6 Å². The van der Waals surface area contributed by atoms with Crippen molar-refractivity contribution in [2.45, 2.75) is 25.7 Å². The van der Waals surface area contributed by atoms with Crippen LogP contribution in [0.3, 0.4) is 0 Å². The SMILES string of the molecule is Cc1ccc(-n2ncc3c2NC(=O)C[C@]32C(=O)Nc3ccccc32)cc1C. The molecule has 2 amide bonds. The van der Waals surface area contributed by atoms with E-state index in [4.69, 9.17) is 0 Å². The molecule has 6 heteroatoms. The van der Waals surface area contributed by atoms with E-state index in [9.17, 15) is 9.59 Å². The van der Waals surface area contributed by atoms with E-state index in [1.165, 1.54) is 5.56 Å². The van der Waals surface area contributed by atoms with Gasteiger partial charge in [-0.15, -0.1) is 0 Å². The van der Waals surface area contributed by atoms with Gasteiger partial charge in [-0.1, -0.05) is 24.3 Å². The Bertz CT molecular complexity index is 1130. The Labute approximate surface area is 156 Å². The van der Waals surface area contributed by atoms with Crippen molar-refractivity contribution < 1.29 is 9.59 Å². The first kappa shape index (κ1) is 15.8. The predicted molar refractivity (Wildman–Crippen MR) is 102 cm³/mol. The third-order valence-electron chi connectivity index (χ3n) is 5.67. The molecule has 3 heterocycles. The molecule has 6 nitrogen and oxygen atoms in total. The second-order valence-corrected chi connectivity index (χ2v) is 7.22. The van der Waals surface area contributed by atoms with Crippen molar-refractivity contribution >= 4 is 23.3 Å². The first-order valence-corrected chi connectivity index (χ1v) is 8.87. The van der Waals surface area contributed by atoms with Crippen molar-refractivity contribution in [1.82, 2.24) is 9.78 Å². The van der Waals surface area contributed by atoms with Gasteiger partial charge in [0.25, 0.3) is 0 Å². The minimum absolute atomic E-state index is 0.0709. The highest BCUT2D eigenvalue weighted by atomic mass is 16.2. The van der Waals surface area contributed by atoms with Crippen LogP contribution in [0.5, 0.6) is 0 Å². The molecular weight excluding hydrogens is 340 g/mol. The fraction of sp³-hybridized carbons (Fsp3) is 0.190. The summed E-state index contributed by atoms with van der Waals surface area (Å²) in [5.74, 6) is 0.181. The highest BCUT2D eigenvalue weighted by Gasteiger charge is 2.54. The Kier molecular flexibility index (Phi) is 3.10. The number of aryl methyl sites for hydroxylation is 2. The average Bonchev–Trinajstić information content (AvgIpc) is 3.18. The van der Waals surface area contributed by atoms with Gasteiger partial charge in [-0.25, -0.2) is 4.68 Å². The lowest BCUT2D eigenvalue weighted by molar-refractivity contribution is -0.125. The second kappa shape index (κ2) is 5.30. The molecule has 2 N–H and O–H groups in total. The van der Waals surface area contributed by atoms with E-state index >= 15 is 0 Å². The molecule has 2 aromatic carbocycles. The molecule has 1 aromatic heterocycles. The summed E-state index contributed by atoms with van der Waals surface area (Å²) in [5, 5.41) is 10.4. The molecular formula is C21H18N4O2. The summed E-state index contributed by atoms with van der Waals surface area (Å²) in [6.07, 6.45) is 1.77. The fourth-order valence-electron chi connectivity index (χ4n) is 4.10. The number of nitrogens with zero attached hydrogens (tertiary/aromatic N) is 2. The van der Waals surface area contributed by atoms with Crippen LogP contribution in [0, 0.1) is 13.8 Å². The summed E-state index contributed by atoms with van der Waals surface area (Å²) in [4.78, 5) is 25.6. The number of anilines is 2. The monoisotopic (exact) mass is 358 g/mol. The number of nitrogens with one attached hydrogen (secondary N) is 2. The molecule has 0 aliphatic carbocycles. The standard InChI is InChI=1S/C21H18N4O2/c1-12-7-8-14(9-13(12)2)25-19-16(11-22-25)21(10-18(26)24-19)15-5-3-4-6-17(15)23-20(21)27/h3-9,11H,10H2,1-2H3,(H,23,27)(H,24,26)/t21-/m1/s1. The third-order valence-corrected chi connectivity index (χ3v) is 5.67. The van der Waals surface area contributed by atoms with Gasteiger partial charge in [0.15, 0.2) is 0 Å². The number of carbonyl (C=O) groups is 2. The first-order chi connectivity index (χ1) is 13.0. The molecule has 3 aromatic rings. The van der Waals surface area contributed by atoms with Crippen molar-refractivity contribution in [3.05, 3.63) is 70.9 Å². The molecule has 2 aliphatic heterocycles. The Morgan fingerprint density at radius 1 is 1.00 bits per heavy atom. The number of hydrogen-bond donors (Lipinski definition) is 2. The minimum atomic E-state index is -1.04. The summed E-state index contributed by atoms with van der Waals surface area (Å²) in [6.45, 7) is 4.09. The second-order valence-electron chi connectivity index (χ2n) is 7.22. The van der Waals surface area contributed by atoms with Crippen LogP contribution in [0.15, 0.2) is 48.7 Å². The Hall–Kier alpha value is -3.41. The molecule has 2 aliphatic rings. The molecule has 134 valence electrons. The number of rotatable bonds is 1. The van der Waals surface area contributed by atoms with Crippen LogP contribution in [0.1, 0.15) is 28.7 Å². The topological polar surface area (TPSA) is 76.0 Å². The summed E-state index contributed by atoms with van der Waals surface area (Å²) in [5.41, 5.74) is 4.44. The van der Waals surface area contributed by atoms with Crippen molar-refractivity contribution in [1.29, 1.82) is 0 Å². The maximum Gasteiger partial charge on any atom is 0.240 e. The molecule has 1 spiro atoms. The van der Waals surface area contributed by atoms with Crippen molar-refractivity contribution in [3.63, 3.8) is 0 Å². The predicted octanol–water partition coefficient (Wildman–Crippen LogP) is 3.07. The van der Waals surface area contributed by atoms with Crippen LogP contribution in [-0.4, -0.2) is 21.6 Å². The van der Waals surface area contributed by atoms with Gasteiger partial charge in [-0.05, 0) is 48.7 Å². The maximum atomic E-state index is 13.0. The number of carbonyl (C=O) groups excluding carboxylic acids is 2. The molecule has 0 saturated carbocycles. The zero-order valence-electron chi connectivity index (χ0n) is 15.0. The van der Waals surface area contributed by atoms with Crippen LogP contribution in [0.4, 0.5) is 11.5 Å². The molecule has 0 bridgehead atoms. The lowest BCUT2D eigenvalue weighted by atomic mass is 9.72. The van der Waals surface area contributed by atoms with Gasteiger partial charge in [0.2, 0.25) is 11.8 Å². The summed E-state index contributed by atoms with van der Waals surface area (Å²) >= 11 is 0. The number of hydrogen-bond acceptors (Lipinski definition) is 3. The van der Waals surface area contributed by atoms with E-state index in [-0.39, 0.29) is 18.2 Å². The van der Waals surface area contributed by atoms with Crippen LogP contribution in [0.25, 0.3) is 5.69 Å². The Morgan fingerprint density at radius 3 is 2.63 bits per heavy atom. The quantitative estimate of drug-likeness (QED) is 0.702. The first-order valence-electron chi connectivity index (χ1n) is 8.87. The normalized spacial score (nSPS) is 20.2. The smallest absolute Gasteiger partial charge is 0.240 e. The number of benzene rings is 2. The molecule has 0 unspecified atom stereocenters. The van der Waals surface area contributed by atoms with Gasteiger partial charge >= 0.3 is 0 Å². The van der Waals surface area contributed by atoms with Crippen molar-refractivity contribution in [2.75, 3.05) is 10.6 Å². The fourth-order valence-corrected chi connectivity index (χ4v) is 4.10. The lowest BCUT2D eigenvalue weighted by Gasteiger charge is -2.31. The van der Waals surface area contributed by atoms with Crippen molar-refractivity contribution in [2.24, 2.45) is 0 Å². The van der Waals surface area contributed by atoms with Crippen LogP contribution in [0.2, 0.25) is 0 Å². The van der Waals surface area contributed by atoms with E-state index in [2.05, 4.69) is 15.7 Å². The van der Waals surface area contributed by atoms with E-state index in [0.29, 0.717) is 5.82 Å². The van der Waals surface area contributed by atoms with E-state index in [1.54, 1.807) is 10.9 Å². The maximum absolute atomic E-state index is 13.0. The van der Waals surface area contributed by atoms with Crippen molar-refractivity contribution in [3.8, 4) is 5.69 Å². The summed E-state index contributed by atoms with van der Waals surface area (Å²) < 4.78 is 1.70. The highest BCUT2D eigenvalue weighted by Crippen LogP contribution is 2.49. The molecule has 0 radical (unpaired) electrons. The molecule has 27 heavy (non-hydrogen) atoms. The number of amides is 2. The van der Waals surface area contributed by atoms with Gasteiger partial charge in [0.05, 0.1) is 11.9 Å². The zero-order chi connectivity index (χ0) is 18.8. The van der Waals surface area contributed by atoms with Gasteiger partial charge in [-0.3, -0.25) is 9.59 Å². The molecule has 0 fully saturated rings. The molecule has 5 rings (SSSR count). The zero-order valence-corrected chi connectivity index (χ0v) is 15.0. The highest BCUT2D eigenvalue weighted by molar-refractivity contribution is 6.14. The van der Waals surface area contributed by atoms with Crippen LogP contribution >= 0.6 is 0 Å². The van der Waals surface area contributed by atoms with Crippen LogP contribution in [-0.2, 0) is 15.0 Å². The van der Waals surface area contributed by atoms with Gasteiger partial charge < -0.3 is 10.6 Å². The van der Waals surface area contributed by atoms with E-state index in [1.807, 2.05) is 56.3 Å². The van der Waals surface area contributed by atoms with Gasteiger partial charge in [-0.2, -0.15) is 5.10 Å². The van der Waals surface area contributed by atoms with E-state index < -0.39 is 5.41 Å². The summed E-state index contributed by atoms with van der Waals surface area (Å²) in [7, 11) is 0. The Balaban J connectivity index is 1.75. The summed E-state index contributed by atoms with van der Waals surface area (Å²) in [6, 6.07) is 13.5. The third kappa shape index (κ3) is 2.04. The number of fused-ring (bicyclic) bond motifs is 4. The van der Waals surface area contributed by atoms with E-state index in [0.717, 1.165) is 28.1 Å². The molecule has 1 atom stereocenters. The number of aromatic nitrogens is 2. The minimum Gasteiger partial charge on any atom is -0.325 e. The number of para-hydroxylation sites is 1. The molecule has 0 saturated heterocycles. The van der Waals surface area contributed by atoms with Gasteiger partial charge in [0, 0.05) is 17.7 Å². The lowest BCUT2D eigenvalue weighted by Crippen LogP contribution is -2.43. The Morgan fingerprint density at radius 2 is 1.81 bits per heavy atom. The van der Waals surface area contributed by atoms with Gasteiger partial charge in [0.1, 0.15) is 11.2 Å².